The van der Waals surface area contributed by atoms with Gasteiger partial charge in [0, 0.05) is 18.4 Å². The lowest BCUT2D eigenvalue weighted by molar-refractivity contribution is 0.0246. The Labute approximate surface area is 133 Å². The molecule has 7 heteroatoms. The van der Waals surface area contributed by atoms with Crippen LogP contribution in [0.25, 0.3) is 11.3 Å². The number of hydrogen-bond donors (Lipinski definition) is 2. The van der Waals surface area contributed by atoms with E-state index in [0.29, 0.717) is 30.4 Å². The van der Waals surface area contributed by atoms with Gasteiger partial charge in [-0.3, -0.25) is 5.10 Å². The van der Waals surface area contributed by atoms with Crippen LogP contribution in [-0.4, -0.2) is 47.7 Å². The van der Waals surface area contributed by atoms with Gasteiger partial charge in [-0.1, -0.05) is 0 Å². The van der Waals surface area contributed by atoms with E-state index in [-0.39, 0.29) is 11.8 Å². The van der Waals surface area contributed by atoms with E-state index in [1.165, 1.54) is 6.07 Å². The molecule has 2 aromatic rings. The highest BCUT2D eigenvalue weighted by Crippen LogP contribution is 2.33. The van der Waals surface area contributed by atoms with E-state index >= 15 is 0 Å². The molecule has 1 fully saturated rings. The summed E-state index contributed by atoms with van der Waals surface area (Å²) in [7, 11) is 1.59. The number of aromatic amines is 1. The first-order valence-electron chi connectivity index (χ1n) is 7.39. The Morgan fingerprint density at radius 3 is 2.74 bits per heavy atom. The van der Waals surface area contributed by atoms with E-state index in [0.717, 1.165) is 18.4 Å². The number of methoxy groups -OCH3 is 1. The van der Waals surface area contributed by atoms with Crippen LogP contribution < -0.4 is 9.47 Å². The van der Waals surface area contributed by atoms with E-state index in [1.54, 1.807) is 13.2 Å². The molecule has 1 saturated heterocycles. The quantitative estimate of drug-likeness (QED) is 0.879. The number of nitrogens with zero attached hydrogens (tertiary/aromatic N) is 1. The summed E-state index contributed by atoms with van der Waals surface area (Å²) in [6.07, 6.45) is 1.75. The average Bonchev–Trinajstić information content (AvgIpc) is 3.06. The summed E-state index contributed by atoms with van der Waals surface area (Å²) >= 11 is 0. The van der Waals surface area contributed by atoms with Gasteiger partial charge in [0.1, 0.15) is 11.8 Å². The summed E-state index contributed by atoms with van der Waals surface area (Å²) in [6.45, 7) is 1.38. The highest BCUT2D eigenvalue weighted by Gasteiger charge is 2.18. The van der Waals surface area contributed by atoms with Crippen molar-refractivity contribution in [2.24, 2.45) is 0 Å². The smallest absolute Gasteiger partial charge is 0.353 e. The van der Waals surface area contributed by atoms with Gasteiger partial charge >= 0.3 is 5.97 Å². The zero-order valence-electron chi connectivity index (χ0n) is 12.7. The highest BCUT2D eigenvalue weighted by atomic mass is 16.5. The fourth-order valence-corrected chi connectivity index (χ4v) is 2.48. The van der Waals surface area contributed by atoms with Crippen molar-refractivity contribution in [1.82, 2.24) is 10.2 Å². The SMILES string of the molecule is COc1ccc(-c2cc(C(=O)O)[nH]n2)cc1OC1CCOCC1. The van der Waals surface area contributed by atoms with E-state index in [1.807, 2.05) is 12.1 Å². The highest BCUT2D eigenvalue weighted by molar-refractivity contribution is 5.86. The van der Waals surface area contributed by atoms with E-state index < -0.39 is 5.97 Å². The number of carbonyl (C=O) groups is 1. The number of carboxylic acids is 1. The van der Waals surface area contributed by atoms with Gasteiger partial charge in [-0.25, -0.2) is 4.79 Å². The number of aromatic nitrogens is 2. The zero-order chi connectivity index (χ0) is 16.2. The number of hydrogen-bond acceptors (Lipinski definition) is 5. The van der Waals surface area contributed by atoms with Crippen LogP contribution in [0.5, 0.6) is 11.5 Å². The summed E-state index contributed by atoms with van der Waals surface area (Å²) in [4.78, 5) is 10.9. The third-order valence-electron chi connectivity index (χ3n) is 3.73. The van der Waals surface area contributed by atoms with Crippen LogP contribution in [0.4, 0.5) is 0 Å². The molecule has 1 aromatic heterocycles. The van der Waals surface area contributed by atoms with Crippen molar-refractivity contribution in [3.05, 3.63) is 30.0 Å². The normalized spacial score (nSPS) is 15.3. The molecule has 1 aliphatic heterocycles. The Morgan fingerprint density at radius 1 is 1.30 bits per heavy atom. The fraction of sp³-hybridized carbons (Fsp3) is 0.375. The van der Waals surface area contributed by atoms with E-state index in [2.05, 4.69) is 10.2 Å². The molecule has 0 spiro atoms. The lowest BCUT2D eigenvalue weighted by atomic mass is 10.1. The lowest BCUT2D eigenvalue weighted by Gasteiger charge is -2.24. The van der Waals surface area contributed by atoms with Gasteiger partial charge in [-0.15, -0.1) is 0 Å². The first-order valence-corrected chi connectivity index (χ1v) is 7.39. The molecule has 1 aliphatic rings. The molecule has 0 radical (unpaired) electrons. The fourth-order valence-electron chi connectivity index (χ4n) is 2.48. The summed E-state index contributed by atoms with van der Waals surface area (Å²) in [5, 5.41) is 15.5. The maximum atomic E-state index is 10.9. The van der Waals surface area contributed by atoms with Crippen LogP contribution in [0.15, 0.2) is 24.3 Å². The van der Waals surface area contributed by atoms with Crippen molar-refractivity contribution in [1.29, 1.82) is 0 Å². The monoisotopic (exact) mass is 318 g/mol. The van der Waals surface area contributed by atoms with Crippen LogP contribution in [0.3, 0.4) is 0 Å². The third-order valence-corrected chi connectivity index (χ3v) is 3.73. The standard InChI is InChI=1S/C16H18N2O5/c1-21-14-3-2-10(12-9-13(16(19)20)18-17-12)8-15(14)23-11-4-6-22-7-5-11/h2-3,8-9,11H,4-7H2,1H3,(H,17,18)(H,19,20). The molecule has 0 bridgehead atoms. The third kappa shape index (κ3) is 3.45. The van der Waals surface area contributed by atoms with Crippen molar-refractivity contribution >= 4 is 5.97 Å². The van der Waals surface area contributed by atoms with Gasteiger partial charge in [-0.2, -0.15) is 5.10 Å². The molecule has 23 heavy (non-hydrogen) atoms. The maximum Gasteiger partial charge on any atom is 0.353 e. The number of ether oxygens (including phenoxy) is 3. The van der Waals surface area contributed by atoms with Crippen molar-refractivity contribution in [2.75, 3.05) is 20.3 Å². The van der Waals surface area contributed by atoms with Crippen molar-refractivity contribution in [2.45, 2.75) is 18.9 Å². The molecule has 122 valence electrons. The maximum absolute atomic E-state index is 10.9. The summed E-state index contributed by atoms with van der Waals surface area (Å²) < 4.78 is 16.7. The predicted molar refractivity (Wildman–Crippen MR) is 82.0 cm³/mol. The van der Waals surface area contributed by atoms with Crippen molar-refractivity contribution < 1.29 is 24.1 Å². The van der Waals surface area contributed by atoms with Gasteiger partial charge in [0.05, 0.1) is 26.0 Å². The molecule has 2 N–H and O–H groups in total. The largest absolute Gasteiger partial charge is 0.493 e. The minimum Gasteiger partial charge on any atom is -0.493 e. The molecule has 1 aromatic carbocycles. The van der Waals surface area contributed by atoms with Crippen LogP contribution in [0.1, 0.15) is 23.3 Å². The second kappa shape index (κ2) is 6.70. The number of rotatable bonds is 5. The van der Waals surface area contributed by atoms with Crippen LogP contribution >= 0.6 is 0 Å². The molecular weight excluding hydrogens is 300 g/mol. The van der Waals surface area contributed by atoms with E-state index in [9.17, 15) is 4.79 Å². The Balaban J connectivity index is 1.86. The van der Waals surface area contributed by atoms with Crippen LogP contribution in [-0.2, 0) is 4.74 Å². The van der Waals surface area contributed by atoms with Crippen molar-refractivity contribution in [3.63, 3.8) is 0 Å². The molecular formula is C16H18N2O5. The molecule has 7 nitrogen and oxygen atoms in total. The number of nitrogens with one attached hydrogen (secondary N) is 1. The summed E-state index contributed by atoms with van der Waals surface area (Å²) in [6, 6.07) is 6.91. The molecule has 0 unspecified atom stereocenters. The second-order valence-corrected chi connectivity index (χ2v) is 5.27. The molecule has 0 atom stereocenters. The lowest BCUT2D eigenvalue weighted by Crippen LogP contribution is -2.26. The van der Waals surface area contributed by atoms with Crippen LogP contribution in [0, 0.1) is 0 Å². The predicted octanol–water partition coefficient (Wildman–Crippen LogP) is 2.34. The van der Waals surface area contributed by atoms with Gasteiger partial charge in [0.2, 0.25) is 0 Å². The number of carboxylic acid groups (broad SMARTS) is 1. The summed E-state index contributed by atoms with van der Waals surface area (Å²) in [5.41, 5.74) is 1.35. The van der Waals surface area contributed by atoms with Gasteiger partial charge in [0.25, 0.3) is 0 Å². The second-order valence-electron chi connectivity index (χ2n) is 5.27. The Kier molecular flexibility index (Phi) is 4.47. The van der Waals surface area contributed by atoms with Gasteiger partial charge in [-0.05, 0) is 24.3 Å². The molecule has 0 aliphatic carbocycles. The number of H-pyrrole nitrogens is 1. The number of aromatic carboxylic acids is 1. The minimum atomic E-state index is -1.05. The van der Waals surface area contributed by atoms with Crippen LogP contribution in [0.2, 0.25) is 0 Å². The average molecular weight is 318 g/mol. The van der Waals surface area contributed by atoms with Crippen molar-refractivity contribution in [3.8, 4) is 22.8 Å². The molecule has 0 amide bonds. The Morgan fingerprint density at radius 2 is 2.09 bits per heavy atom. The molecule has 2 heterocycles. The first kappa shape index (κ1) is 15.4. The first-order chi connectivity index (χ1) is 11.2. The van der Waals surface area contributed by atoms with Gasteiger partial charge < -0.3 is 19.3 Å². The van der Waals surface area contributed by atoms with E-state index in [4.69, 9.17) is 19.3 Å². The minimum absolute atomic E-state index is 0.0442. The summed E-state index contributed by atoms with van der Waals surface area (Å²) in [5.74, 6) is 0.210. The van der Waals surface area contributed by atoms with Gasteiger partial charge in [0.15, 0.2) is 11.5 Å². The number of benzene rings is 1. The Hall–Kier alpha value is -2.54. The molecule has 3 rings (SSSR count). The molecule has 0 saturated carbocycles. The Bertz CT molecular complexity index is 692. The zero-order valence-corrected chi connectivity index (χ0v) is 12.7. The topological polar surface area (TPSA) is 93.7 Å².